The molecule has 96 valence electrons. The van der Waals surface area contributed by atoms with Gasteiger partial charge < -0.3 is 11.1 Å². The number of nitrogens with two attached hydrogens (primary N) is 1. The Morgan fingerprint density at radius 3 is 2.78 bits per heavy atom. The maximum Gasteiger partial charge on any atom is 0.241 e. The molecular weight excluding hydrogens is 250 g/mol. The normalized spacial score (nSPS) is 12.0. The molecular formula is C13H16ClN3O. The average Bonchev–Trinajstić information content (AvgIpc) is 2.30. The minimum absolute atomic E-state index is 0.255. The second-order valence-electron chi connectivity index (χ2n) is 4.53. The molecule has 4 nitrogen and oxygen atoms in total. The summed E-state index contributed by atoms with van der Waals surface area (Å²) in [6.07, 6.45) is 0.616. The molecule has 1 amide bonds. The monoisotopic (exact) mass is 265 g/mol. The number of nitrogens with zero attached hydrogens (tertiary/aromatic N) is 1. The highest BCUT2D eigenvalue weighted by atomic mass is 35.5. The fourth-order valence-electron chi connectivity index (χ4n) is 1.54. The highest BCUT2D eigenvalue weighted by Crippen LogP contribution is 2.19. The molecule has 0 saturated heterocycles. The van der Waals surface area contributed by atoms with Gasteiger partial charge >= 0.3 is 0 Å². The van der Waals surface area contributed by atoms with Crippen molar-refractivity contribution >= 4 is 23.2 Å². The van der Waals surface area contributed by atoms with Crippen LogP contribution < -0.4 is 11.1 Å². The number of anilines is 1. The van der Waals surface area contributed by atoms with E-state index >= 15 is 0 Å². The molecule has 0 aliphatic heterocycles. The van der Waals surface area contributed by atoms with Crippen LogP contribution in [0.5, 0.6) is 0 Å². The first kappa shape index (κ1) is 14.5. The topological polar surface area (TPSA) is 78.9 Å². The van der Waals surface area contributed by atoms with Gasteiger partial charge in [0.05, 0.1) is 16.6 Å². The fourth-order valence-corrected chi connectivity index (χ4v) is 1.70. The van der Waals surface area contributed by atoms with Crippen molar-refractivity contribution in [3.63, 3.8) is 0 Å². The van der Waals surface area contributed by atoms with Crippen LogP contribution in [0.4, 0.5) is 5.69 Å². The van der Waals surface area contributed by atoms with Crippen LogP contribution in [-0.2, 0) is 4.79 Å². The van der Waals surface area contributed by atoms with Gasteiger partial charge in [-0.15, -0.1) is 0 Å². The first-order chi connectivity index (χ1) is 8.43. The van der Waals surface area contributed by atoms with E-state index in [1.807, 2.05) is 19.9 Å². The number of hydrogen-bond donors (Lipinski definition) is 2. The lowest BCUT2D eigenvalue weighted by atomic mass is 10.0. The van der Waals surface area contributed by atoms with E-state index in [1.54, 1.807) is 12.1 Å². The Hall–Kier alpha value is -1.57. The Morgan fingerprint density at radius 1 is 1.56 bits per heavy atom. The molecule has 0 aromatic heterocycles. The zero-order chi connectivity index (χ0) is 13.7. The SMILES string of the molecule is CC(C)C[C@H](N)C(=O)Nc1ccc(Cl)c(C#N)c1. The molecule has 1 atom stereocenters. The van der Waals surface area contributed by atoms with E-state index in [1.165, 1.54) is 6.07 Å². The van der Waals surface area contributed by atoms with Crippen molar-refractivity contribution in [1.82, 2.24) is 0 Å². The Bertz CT molecular complexity index is 480. The summed E-state index contributed by atoms with van der Waals surface area (Å²) in [4.78, 5) is 11.8. The summed E-state index contributed by atoms with van der Waals surface area (Å²) < 4.78 is 0. The number of nitriles is 1. The Morgan fingerprint density at radius 2 is 2.22 bits per heavy atom. The van der Waals surface area contributed by atoms with Gasteiger partial charge in [-0.05, 0) is 30.5 Å². The number of benzene rings is 1. The molecule has 0 spiro atoms. The van der Waals surface area contributed by atoms with Gasteiger partial charge in [-0.3, -0.25) is 4.79 Å². The van der Waals surface area contributed by atoms with E-state index in [0.29, 0.717) is 28.6 Å². The van der Waals surface area contributed by atoms with E-state index in [4.69, 9.17) is 22.6 Å². The number of rotatable bonds is 4. The summed E-state index contributed by atoms with van der Waals surface area (Å²) in [6.45, 7) is 4.01. The maximum atomic E-state index is 11.8. The highest BCUT2D eigenvalue weighted by Gasteiger charge is 2.15. The van der Waals surface area contributed by atoms with Crippen molar-refractivity contribution in [2.75, 3.05) is 5.32 Å². The lowest BCUT2D eigenvalue weighted by Gasteiger charge is -2.14. The lowest BCUT2D eigenvalue weighted by Crippen LogP contribution is -2.36. The van der Waals surface area contributed by atoms with Crippen LogP contribution in [0, 0.1) is 17.2 Å². The molecule has 0 aliphatic carbocycles. The summed E-state index contributed by atoms with van der Waals surface area (Å²) in [5.74, 6) is 0.0977. The van der Waals surface area contributed by atoms with Gasteiger partial charge in [0.1, 0.15) is 6.07 Å². The summed E-state index contributed by atoms with van der Waals surface area (Å²) >= 11 is 5.80. The van der Waals surface area contributed by atoms with Gasteiger partial charge in [-0.1, -0.05) is 25.4 Å². The van der Waals surface area contributed by atoms with Crippen LogP contribution in [0.2, 0.25) is 5.02 Å². The van der Waals surface area contributed by atoms with Gasteiger partial charge in [0.2, 0.25) is 5.91 Å². The van der Waals surface area contributed by atoms with Crippen molar-refractivity contribution in [3.05, 3.63) is 28.8 Å². The number of amides is 1. The standard InChI is InChI=1S/C13H16ClN3O/c1-8(2)5-12(16)13(18)17-10-3-4-11(14)9(6-10)7-15/h3-4,6,8,12H,5,16H2,1-2H3,(H,17,18)/t12-/m0/s1. The van der Waals surface area contributed by atoms with Gasteiger partial charge in [-0.25, -0.2) is 0 Å². The van der Waals surface area contributed by atoms with E-state index in [-0.39, 0.29) is 5.91 Å². The van der Waals surface area contributed by atoms with E-state index in [0.717, 1.165) is 0 Å². The van der Waals surface area contributed by atoms with Crippen LogP contribution >= 0.6 is 11.6 Å². The van der Waals surface area contributed by atoms with Gasteiger partial charge in [-0.2, -0.15) is 5.26 Å². The molecule has 3 N–H and O–H groups in total. The molecule has 0 radical (unpaired) electrons. The molecule has 1 rings (SSSR count). The van der Waals surface area contributed by atoms with Crippen molar-refractivity contribution in [3.8, 4) is 6.07 Å². The van der Waals surface area contributed by atoms with Crippen LogP contribution in [0.25, 0.3) is 0 Å². The molecule has 0 fully saturated rings. The first-order valence-corrected chi connectivity index (χ1v) is 6.08. The largest absolute Gasteiger partial charge is 0.325 e. The van der Waals surface area contributed by atoms with Gasteiger partial charge in [0.15, 0.2) is 0 Å². The van der Waals surface area contributed by atoms with Crippen molar-refractivity contribution in [1.29, 1.82) is 5.26 Å². The van der Waals surface area contributed by atoms with E-state index < -0.39 is 6.04 Å². The first-order valence-electron chi connectivity index (χ1n) is 5.70. The number of carbonyl (C=O) groups excluding carboxylic acids is 1. The van der Waals surface area contributed by atoms with Crippen LogP contribution in [0.3, 0.4) is 0 Å². The summed E-state index contributed by atoms with van der Waals surface area (Å²) in [6, 6.07) is 6.15. The second-order valence-corrected chi connectivity index (χ2v) is 4.94. The number of halogens is 1. The van der Waals surface area contributed by atoms with Crippen molar-refractivity contribution in [2.45, 2.75) is 26.3 Å². The number of carbonyl (C=O) groups is 1. The fraction of sp³-hybridized carbons (Fsp3) is 0.385. The zero-order valence-electron chi connectivity index (χ0n) is 10.4. The van der Waals surface area contributed by atoms with E-state index in [9.17, 15) is 4.79 Å². The third-order valence-corrected chi connectivity index (χ3v) is 2.75. The molecule has 0 saturated carbocycles. The molecule has 0 aliphatic rings. The third kappa shape index (κ3) is 4.02. The number of hydrogen-bond acceptors (Lipinski definition) is 3. The van der Waals surface area contributed by atoms with Crippen molar-refractivity contribution < 1.29 is 4.79 Å². The predicted octanol–water partition coefficient (Wildman–Crippen LogP) is 2.52. The smallest absolute Gasteiger partial charge is 0.241 e. The highest BCUT2D eigenvalue weighted by molar-refractivity contribution is 6.31. The van der Waals surface area contributed by atoms with Gasteiger partial charge in [0.25, 0.3) is 0 Å². The quantitative estimate of drug-likeness (QED) is 0.878. The third-order valence-electron chi connectivity index (χ3n) is 2.42. The molecule has 0 unspecified atom stereocenters. The predicted molar refractivity (Wildman–Crippen MR) is 72.2 cm³/mol. The average molecular weight is 266 g/mol. The number of nitrogens with one attached hydrogen (secondary N) is 1. The minimum atomic E-state index is -0.550. The van der Waals surface area contributed by atoms with Crippen LogP contribution in [0.15, 0.2) is 18.2 Å². The summed E-state index contributed by atoms with van der Waals surface area (Å²) in [5, 5.41) is 11.9. The summed E-state index contributed by atoms with van der Waals surface area (Å²) in [7, 11) is 0. The second kappa shape index (κ2) is 6.39. The Kier molecular flexibility index (Phi) is 5.14. The lowest BCUT2D eigenvalue weighted by molar-refractivity contribution is -0.117. The Labute approximate surface area is 112 Å². The summed E-state index contributed by atoms with van der Waals surface area (Å²) in [5.41, 5.74) is 6.62. The minimum Gasteiger partial charge on any atom is -0.325 e. The zero-order valence-corrected chi connectivity index (χ0v) is 11.2. The molecule has 0 heterocycles. The molecule has 1 aromatic carbocycles. The Balaban J connectivity index is 2.74. The molecule has 18 heavy (non-hydrogen) atoms. The van der Waals surface area contributed by atoms with Crippen LogP contribution in [0.1, 0.15) is 25.8 Å². The van der Waals surface area contributed by atoms with Crippen molar-refractivity contribution in [2.24, 2.45) is 11.7 Å². The molecule has 1 aromatic rings. The molecule has 0 bridgehead atoms. The molecule has 5 heteroatoms. The van der Waals surface area contributed by atoms with Crippen LogP contribution in [-0.4, -0.2) is 11.9 Å². The van der Waals surface area contributed by atoms with Gasteiger partial charge in [0, 0.05) is 5.69 Å². The maximum absolute atomic E-state index is 11.8. The van der Waals surface area contributed by atoms with E-state index in [2.05, 4.69) is 5.32 Å².